The Morgan fingerprint density at radius 2 is 2.00 bits per heavy atom. The molecule has 1 aromatic rings. The van der Waals surface area contributed by atoms with Crippen LogP contribution in [-0.2, 0) is 4.74 Å². The molecular weight excluding hydrogens is 242 g/mol. The van der Waals surface area contributed by atoms with Crippen LogP contribution in [0.25, 0.3) is 0 Å². The van der Waals surface area contributed by atoms with Crippen LogP contribution in [0.15, 0.2) is 36.9 Å². The molecule has 0 fully saturated rings. The van der Waals surface area contributed by atoms with Crippen molar-refractivity contribution in [3.63, 3.8) is 0 Å². The third-order valence-corrected chi connectivity index (χ3v) is 2.41. The molecule has 0 unspecified atom stereocenters. The van der Waals surface area contributed by atoms with Gasteiger partial charge in [0.15, 0.2) is 0 Å². The Hall–Kier alpha value is -1.97. The first-order valence-electron chi connectivity index (χ1n) is 6.33. The van der Waals surface area contributed by atoms with E-state index in [2.05, 4.69) is 11.9 Å². The van der Waals surface area contributed by atoms with E-state index in [9.17, 15) is 4.79 Å². The number of nitrogens with one attached hydrogen (secondary N) is 1. The summed E-state index contributed by atoms with van der Waals surface area (Å²) in [4.78, 5) is 11.4. The number of hydrogen-bond acceptors (Lipinski definition) is 3. The maximum atomic E-state index is 11.4. The minimum absolute atomic E-state index is 0.417. The number of ether oxygens (including phenoxy) is 2. The highest BCUT2D eigenvalue weighted by Crippen LogP contribution is 2.21. The van der Waals surface area contributed by atoms with Crippen molar-refractivity contribution in [1.82, 2.24) is 0 Å². The standard InChI is InChI=1S/C15H21NO3/c1-5-11-18-14(17)16-12-7-9-13(10-8-12)19-15(3,4)6-2/h6-10H,2,5,11H2,1,3-4H3,(H,16,17). The summed E-state index contributed by atoms with van der Waals surface area (Å²) in [6, 6.07) is 7.12. The number of rotatable bonds is 6. The molecule has 1 rings (SSSR count). The van der Waals surface area contributed by atoms with Crippen LogP contribution in [0.3, 0.4) is 0 Å². The molecule has 0 saturated heterocycles. The zero-order valence-electron chi connectivity index (χ0n) is 11.7. The highest BCUT2D eigenvalue weighted by atomic mass is 16.5. The van der Waals surface area contributed by atoms with E-state index in [1.54, 1.807) is 30.3 Å². The van der Waals surface area contributed by atoms with Gasteiger partial charge in [-0.15, -0.1) is 0 Å². The monoisotopic (exact) mass is 263 g/mol. The van der Waals surface area contributed by atoms with Crippen molar-refractivity contribution in [3.8, 4) is 5.75 Å². The third-order valence-electron chi connectivity index (χ3n) is 2.41. The van der Waals surface area contributed by atoms with E-state index in [0.29, 0.717) is 12.3 Å². The Labute approximate surface area is 114 Å². The fraction of sp³-hybridized carbons (Fsp3) is 0.400. The summed E-state index contributed by atoms with van der Waals surface area (Å²) in [6.45, 7) is 9.93. The maximum Gasteiger partial charge on any atom is 0.411 e. The molecule has 0 spiro atoms. The van der Waals surface area contributed by atoms with Crippen LogP contribution in [0.2, 0.25) is 0 Å². The second-order valence-electron chi connectivity index (χ2n) is 4.69. The van der Waals surface area contributed by atoms with Gasteiger partial charge in [0.1, 0.15) is 11.4 Å². The van der Waals surface area contributed by atoms with Gasteiger partial charge in [-0.3, -0.25) is 5.32 Å². The summed E-state index contributed by atoms with van der Waals surface area (Å²) in [5.74, 6) is 0.720. The smallest absolute Gasteiger partial charge is 0.411 e. The van der Waals surface area contributed by atoms with E-state index in [-0.39, 0.29) is 0 Å². The average Bonchev–Trinajstić information content (AvgIpc) is 2.38. The minimum Gasteiger partial charge on any atom is -0.484 e. The Morgan fingerprint density at radius 3 is 2.53 bits per heavy atom. The molecule has 1 amide bonds. The Bertz CT molecular complexity index is 424. The molecule has 1 N–H and O–H groups in total. The SMILES string of the molecule is C=CC(C)(C)Oc1ccc(NC(=O)OCCC)cc1. The summed E-state index contributed by atoms with van der Waals surface area (Å²) in [5.41, 5.74) is 0.250. The molecule has 0 bridgehead atoms. The fourth-order valence-electron chi connectivity index (χ4n) is 1.30. The van der Waals surface area contributed by atoms with Crippen LogP contribution >= 0.6 is 0 Å². The van der Waals surface area contributed by atoms with E-state index >= 15 is 0 Å². The van der Waals surface area contributed by atoms with Crippen molar-refractivity contribution >= 4 is 11.8 Å². The molecular formula is C15H21NO3. The first kappa shape index (κ1) is 15.1. The molecule has 104 valence electrons. The summed E-state index contributed by atoms with van der Waals surface area (Å²) in [5, 5.41) is 2.64. The average molecular weight is 263 g/mol. The third kappa shape index (κ3) is 5.46. The number of amides is 1. The lowest BCUT2D eigenvalue weighted by molar-refractivity contribution is 0.161. The van der Waals surface area contributed by atoms with Crippen molar-refractivity contribution in [2.45, 2.75) is 32.8 Å². The Balaban J connectivity index is 2.56. The van der Waals surface area contributed by atoms with Gasteiger partial charge in [-0.2, -0.15) is 0 Å². The van der Waals surface area contributed by atoms with Crippen LogP contribution in [0.1, 0.15) is 27.2 Å². The molecule has 0 heterocycles. The summed E-state index contributed by atoms with van der Waals surface area (Å²) in [7, 11) is 0. The zero-order valence-corrected chi connectivity index (χ0v) is 11.7. The van der Waals surface area contributed by atoms with Gasteiger partial charge in [0.05, 0.1) is 6.61 Å². The number of hydrogen-bond donors (Lipinski definition) is 1. The van der Waals surface area contributed by atoms with Gasteiger partial charge in [0.25, 0.3) is 0 Å². The first-order chi connectivity index (χ1) is 8.96. The molecule has 0 aliphatic carbocycles. The fourth-order valence-corrected chi connectivity index (χ4v) is 1.30. The van der Waals surface area contributed by atoms with Crippen molar-refractivity contribution in [2.75, 3.05) is 11.9 Å². The van der Waals surface area contributed by atoms with E-state index in [0.717, 1.165) is 12.2 Å². The lowest BCUT2D eigenvalue weighted by atomic mass is 10.1. The van der Waals surface area contributed by atoms with Gasteiger partial charge in [-0.05, 0) is 50.6 Å². The Morgan fingerprint density at radius 1 is 1.37 bits per heavy atom. The van der Waals surface area contributed by atoms with Gasteiger partial charge >= 0.3 is 6.09 Å². The zero-order chi connectivity index (χ0) is 14.3. The predicted octanol–water partition coefficient (Wildman–Crippen LogP) is 3.99. The lowest BCUT2D eigenvalue weighted by Gasteiger charge is -2.22. The Kier molecular flexibility index (Phi) is 5.42. The van der Waals surface area contributed by atoms with E-state index in [4.69, 9.17) is 9.47 Å². The number of benzene rings is 1. The quantitative estimate of drug-likeness (QED) is 0.789. The van der Waals surface area contributed by atoms with Crippen LogP contribution in [-0.4, -0.2) is 18.3 Å². The first-order valence-corrected chi connectivity index (χ1v) is 6.33. The van der Waals surface area contributed by atoms with Crippen molar-refractivity contribution in [1.29, 1.82) is 0 Å². The number of anilines is 1. The van der Waals surface area contributed by atoms with Gasteiger partial charge < -0.3 is 9.47 Å². The lowest BCUT2D eigenvalue weighted by Crippen LogP contribution is -2.24. The molecule has 4 heteroatoms. The van der Waals surface area contributed by atoms with Gasteiger partial charge in [-0.25, -0.2) is 4.79 Å². The molecule has 0 aliphatic heterocycles. The second kappa shape index (κ2) is 6.83. The largest absolute Gasteiger partial charge is 0.484 e. The molecule has 4 nitrogen and oxygen atoms in total. The maximum absolute atomic E-state index is 11.4. The van der Waals surface area contributed by atoms with Gasteiger partial charge in [-0.1, -0.05) is 13.5 Å². The van der Waals surface area contributed by atoms with Crippen molar-refractivity contribution in [2.24, 2.45) is 0 Å². The van der Waals surface area contributed by atoms with E-state index in [1.165, 1.54) is 0 Å². The van der Waals surface area contributed by atoms with Gasteiger partial charge in [0, 0.05) is 5.69 Å². The molecule has 19 heavy (non-hydrogen) atoms. The molecule has 0 saturated carbocycles. The van der Waals surface area contributed by atoms with E-state index in [1.807, 2.05) is 20.8 Å². The second-order valence-corrected chi connectivity index (χ2v) is 4.69. The molecule has 1 aromatic carbocycles. The van der Waals surface area contributed by atoms with Crippen molar-refractivity contribution < 1.29 is 14.3 Å². The van der Waals surface area contributed by atoms with Crippen LogP contribution < -0.4 is 10.1 Å². The van der Waals surface area contributed by atoms with Crippen LogP contribution in [0, 0.1) is 0 Å². The molecule has 0 aliphatic rings. The summed E-state index contributed by atoms with van der Waals surface area (Å²) in [6.07, 6.45) is 2.10. The van der Waals surface area contributed by atoms with E-state index < -0.39 is 11.7 Å². The van der Waals surface area contributed by atoms with Gasteiger partial charge in [0.2, 0.25) is 0 Å². The number of carbonyl (C=O) groups is 1. The molecule has 0 aromatic heterocycles. The topological polar surface area (TPSA) is 47.6 Å². The van der Waals surface area contributed by atoms with Crippen LogP contribution in [0.5, 0.6) is 5.75 Å². The van der Waals surface area contributed by atoms with Crippen LogP contribution in [0.4, 0.5) is 10.5 Å². The van der Waals surface area contributed by atoms with Crippen molar-refractivity contribution in [3.05, 3.63) is 36.9 Å². The summed E-state index contributed by atoms with van der Waals surface area (Å²) < 4.78 is 10.6. The predicted molar refractivity (Wildman–Crippen MR) is 76.6 cm³/mol. The normalized spacial score (nSPS) is 10.7. The molecule has 0 radical (unpaired) electrons. The molecule has 0 atom stereocenters. The highest BCUT2D eigenvalue weighted by Gasteiger charge is 2.14. The highest BCUT2D eigenvalue weighted by molar-refractivity contribution is 5.84. The minimum atomic E-state index is -0.443. The number of carbonyl (C=O) groups excluding carboxylic acids is 1. The summed E-state index contributed by atoms with van der Waals surface area (Å²) >= 11 is 0.